The van der Waals surface area contributed by atoms with E-state index < -0.39 is 0 Å². The van der Waals surface area contributed by atoms with Crippen molar-refractivity contribution < 1.29 is 9.90 Å². The lowest BCUT2D eigenvalue weighted by molar-refractivity contribution is 0.0759. The molecular weight excluding hydrogens is 250 g/mol. The van der Waals surface area contributed by atoms with E-state index in [9.17, 15) is 9.90 Å². The third-order valence-corrected chi connectivity index (χ3v) is 2.99. The number of rotatable bonds is 5. The summed E-state index contributed by atoms with van der Waals surface area (Å²) in [7, 11) is 0. The first-order chi connectivity index (χ1) is 9.72. The molecule has 2 rings (SSSR count). The van der Waals surface area contributed by atoms with Gasteiger partial charge in [0.1, 0.15) is 5.75 Å². The maximum absolute atomic E-state index is 12.5. The molecule has 0 spiro atoms. The van der Waals surface area contributed by atoms with Crippen LogP contribution in [0.2, 0.25) is 0 Å². The van der Waals surface area contributed by atoms with Crippen LogP contribution in [0.4, 0.5) is 0 Å². The van der Waals surface area contributed by atoms with Gasteiger partial charge < -0.3 is 10.0 Å². The lowest BCUT2D eigenvalue weighted by Gasteiger charge is -2.21. The van der Waals surface area contributed by atoms with E-state index in [0.29, 0.717) is 18.7 Å². The highest BCUT2D eigenvalue weighted by molar-refractivity contribution is 5.96. The SMILES string of the molecule is C=CCN(Cc1ccccc1)C(=O)c1ccccc1O. The van der Waals surface area contributed by atoms with E-state index in [-0.39, 0.29) is 11.7 Å². The molecule has 102 valence electrons. The van der Waals surface area contributed by atoms with Gasteiger partial charge in [0.2, 0.25) is 0 Å². The van der Waals surface area contributed by atoms with Crippen LogP contribution in [0.25, 0.3) is 0 Å². The number of aromatic hydroxyl groups is 1. The fraction of sp³-hybridized carbons (Fsp3) is 0.118. The molecule has 3 heteroatoms. The number of carbonyl (C=O) groups excluding carboxylic acids is 1. The van der Waals surface area contributed by atoms with E-state index in [2.05, 4.69) is 6.58 Å². The van der Waals surface area contributed by atoms with Crippen molar-refractivity contribution in [3.8, 4) is 5.75 Å². The Morgan fingerprint density at radius 1 is 1.10 bits per heavy atom. The minimum absolute atomic E-state index is 0.000348. The third kappa shape index (κ3) is 3.26. The number of nitrogens with zero attached hydrogens (tertiary/aromatic N) is 1. The lowest BCUT2D eigenvalue weighted by atomic mass is 10.1. The molecule has 2 aromatic rings. The van der Waals surface area contributed by atoms with Crippen molar-refractivity contribution >= 4 is 5.91 Å². The Labute approximate surface area is 118 Å². The van der Waals surface area contributed by atoms with Crippen LogP contribution in [0, 0.1) is 0 Å². The standard InChI is InChI=1S/C17H17NO2/c1-2-12-18(13-14-8-4-3-5-9-14)17(20)15-10-6-7-11-16(15)19/h2-11,19H,1,12-13H2. The van der Waals surface area contributed by atoms with Gasteiger partial charge in [0.15, 0.2) is 0 Å². The van der Waals surface area contributed by atoms with Crippen LogP contribution in [-0.4, -0.2) is 22.5 Å². The molecule has 0 atom stereocenters. The fourth-order valence-electron chi connectivity index (χ4n) is 2.00. The molecule has 0 heterocycles. The summed E-state index contributed by atoms with van der Waals surface area (Å²) in [6.07, 6.45) is 1.68. The number of hydrogen-bond donors (Lipinski definition) is 1. The van der Waals surface area contributed by atoms with Crippen LogP contribution in [0.1, 0.15) is 15.9 Å². The zero-order valence-electron chi connectivity index (χ0n) is 11.2. The van der Waals surface area contributed by atoms with E-state index in [1.807, 2.05) is 30.3 Å². The summed E-state index contributed by atoms with van der Waals surface area (Å²) in [5.74, 6) is -0.202. The first kappa shape index (κ1) is 13.9. The lowest BCUT2D eigenvalue weighted by Crippen LogP contribution is -2.30. The van der Waals surface area contributed by atoms with Crippen molar-refractivity contribution in [3.63, 3.8) is 0 Å². The zero-order valence-corrected chi connectivity index (χ0v) is 11.2. The quantitative estimate of drug-likeness (QED) is 0.845. The predicted molar refractivity (Wildman–Crippen MR) is 79.5 cm³/mol. The molecule has 0 fully saturated rings. The van der Waals surface area contributed by atoms with Crippen LogP contribution in [0.3, 0.4) is 0 Å². The van der Waals surface area contributed by atoms with Gasteiger partial charge in [-0.25, -0.2) is 0 Å². The van der Waals surface area contributed by atoms with Gasteiger partial charge in [-0.05, 0) is 17.7 Å². The van der Waals surface area contributed by atoms with E-state index >= 15 is 0 Å². The molecular formula is C17H17NO2. The van der Waals surface area contributed by atoms with Crippen LogP contribution < -0.4 is 0 Å². The minimum Gasteiger partial charge on any atom is -0.507 e. The first-order valence-electron chi connectivity index (χ1n) is 6.44. The van der Waals surface area contributed by atoms with Crippen molar-refractivity contribution in [1.29, 1.82) is 0 Å². The molecule has 0 unspecified atom stereocenters. The molecule has 20 heavy (non-hydrogen) atoms. The van der Waals surface area contributed by atoms with E-state index in [0.717, 1.165) is 5.56 Å². The fourth-order valence-corrected chi connectivity index (χ4v) is 2.00. The van der Waals surface area contributed by atoms with Gasteiger partial charge in [-0.3, -0.25) is 4.79 Å². The Hall–Kier alpha value is -2.55. The highest BCUT2D eigenvalue weighted by Gasteiger charge is 2.17. The molecule has 0 saturated carbocycles. The van der Waals surface area contributed by atoms with Crippen LogP contribution in [-0.2, 0) is 6.54 Å². The highest BCUT2D eigenvalue weighted by atomic mass is 16.3. The van der Waals surface area contributed by atoms with Crippen molar-refractivity contribution in [2.75, 3.05) is 6.54 Å². The molecule has 3 nitrogen and oxygen atoms in total. The average Bonchev–Trinajstić information content (AvgIpc) is 2.48. The molecule has 1 amide bonds. The molecule has 0 saturated heterocycles. The van der Waals surface area contributed by atoms with Crippen LogP contribution >= 0.6 is 0 Å². The van der Waals surface area contributed by atoms with Crippen molar-refractivity contribution in [2.24, 2.45) is 0 Å². The van der Waals surface area contributed by atoms with Gasteiger partial charge in [0.25, 0.3) is 5.91 Å². The molecule has 1 N–H and O–H groups in total. The summed E-state index contributed by atoms with van der Waals surface area (Å²) in [4.78, 5) is 14.1. The average molecular weight is 267 g/mol. The number of para-hydroxylation sites is 1. The Kier molecular flexibility index (Phi) is 4.56. The second-order valence-electron chi connectivity index (χ2n) is 4.48. The van der Waals surface area contributed by atoms with Crippen molar-refractivity contribution in [1.82, 2.24) is 4.90 Å². The minimum atomic E-state index is -0.202. The summed E-state index contributed by atoms with van der Waals surface area (Å²) in [5.41, 5.74) is 1.35. The van der Waals surface area contributed by atoms with Crippen LogP contribution in [0.15, 0.2) is 67.3 Å². The van der Waals surface area contributed by atoms with Gasteiger partial charge >= 0.3 is 0 Å². The molecule has 0 radical (unpaired) electrons. The van der Waals surface area contributed by atoms with Crippen LogP contribution in [0.5, 0.6) is 5.75 Å². The maximum atomic E-state index is 12.5. The van der Waals surface area contributed by atoms with Gasteiger partial charge in [0, 0.05) is 13.1 Å². The monoisotopic (exact) mass is 267 g/mol. The summed E-state index contributed by atoms with van der Waals surface area (Å²) >= 11 is 0. The molecule has 0 aliphatic rings. The van der Waals surface area contributed by atoms with Gasteiger partial charge in [-0.1, -0.05) is 48.5 Å². The Bertz CT molecular complexity index is 593. The maximum Gasteiger partial charge on any atom is 0.258 e. The second kappa shape index (κ2) is 6.57. The molecule has 2 aromatic carbocycles. The largest absolute Gasteiger partial charge is 0.507 e. The summed E-state index contributed by atoms with van der Waals surface area (Å²) in [5, 5.41) is 9.79. The van der Waals surface area contributed by atoms with Crippen molar-refractivity contribution in [3.05, 3.63) is 78.4 Å². The van der Waals surface area contributed by atoms with Crippen molar-refractivity contribution in [2.45, 2.75) is 6.54 Å². The number of phenolic OH excluding ortho intramolecular Hbond substituents is 1. The van der Waals surface area contributed by atoms with Gasteiger partial charge in [-0.2, -0.15) is 0 Å². The first-order valence-corrected chi connectivity index (χ1v) is 6.44. The normalized spacial score (nSPS) is 10.0. The summed E-state index contributed by atoms with van der Waals surface area (Å²) in [6, 6.07) is 16.3. The third-order valence-electron chi connectivity index (χ3n) is 2.99. The number of hydrogen-bond acceptors (Lipinski definition) is 2. The van der Waals surface area contributed by atoms with E-state index in [4.69, 9.17) is 0 Å². The summed E-state index contributed by atoms with van der Waals surface area (Å²) in [6.45, 7) is 4.60. The summed E-state index contributed by atoms with van der Waals surface area (Å²) < 4.78 is 0. The smallest absolute Gasteiger partial charge is 0.258 e. The number of phenols is 1. The predicted octanol–water partition coefficient (Wildman–Crippen LogP) is 3.22. The Morgan fingerprint density at radius 2 is 1.75 bits per heavy atom. The molecule has 0 aromatic heterocycles. The number of amides is 1. The number of carbonyl (C=O) groups is 1. The van der Waals surface area contributed by atoms with E-state index in [1.165, 1.54) is 6.07 Å². The molecule has 0 bridgehead atoms. The molecule has 0 aliphatic heterocycles. The van der Waals surface area contributed by atoms with Gasteiger partial charge in [-0.15, -0.1) is 6.58 Å². The zero-order chi connectivity index (χ0) is 14.4. The van der Waals surface area contributed by atoms with Gasteiger partial charge in [0.05, 0.1) is 5.56 Å². The number of benzene rings is 2. The van der Waals surface area contributed by atoms with E-state index in [1.54, 1.807) is 29.2 Å². The second-order valence-corrected chi connectivity index (χ2v) is 4.48. The topological polar surface area (TPSA) is 40.5 Å². The Balaban J connectivity index is 2.22. The highest BCUT2D eigenvalue weighted by Crippen LogP contribution is 2.19. The molecule has 0 aliphatic carbocycles. The Morgan fingerprint density at radius 3 is 2.40 bits per heavy atom.